The fourth-order valence-corrected chi connectivity index (χ4v) is 5.44. The van der Waals surface area contributed by atoms with Gasteiger partial charge >= 0.3 is 0 Å². The number of anilines is 2. The van der Waals surface area contributed by atoms with E-state index in [1.807, 2.05) is 0 Å². The molecule has 1 saturated heterocycles. The van der Waals surface area contributed by atoms with Crippen molar-refractivity contribution < 1.29 is 27.9 Å². The first-order valence-electron chi connectivity index (χ1n) is 12.5. The number of ether oxygens (including phenoxy) is 1. The molecule has 2 fully saturated rings. The number of amides is 3. The second-order valence-electron chi connectivity index (χ2n) is 9.81. The van der Waals surface area contributed by atoms with Crippen molar-refractivity contribution in [2.75, 3.05) is 43.1 Å². The maximum absolute atomic E-state index is 14.0. The molecule has 1 aliphatic heterocycles. The highest BCUT2D eigenvalue weighted by atomic mass is 35.5. The van der Waals surface area contributed by atoms with Gasteiger partial charge in [0.15, 0.2) is 0 Å². The predicted octanol–water partition coefficient (Wildman–Crippen LogP) is 4.56. The number of alkyl halides is 2. The van der Waals surface area contributed by atoms with Crippen molar-refractivity contribution in [2.24, 2.45) is 5.92 Å². The minimum absolute atomic E-state index is 0.0471. The molecule has 0 radical (unpaired) electrons. The van der Waals surface area contributed by atoms with E-state index in [4.69, 9.17) is 16.3 Å². The Labute approximate surface area is 229 Å². The van der Waals surface area contributed by atoms with Crippen molar-refractivity contribution in [2.45, 2.75) is 45.2 Å². The van der Waals surface area contributed by atoms with Gasteiger partial charge in [0.25, 0.3) is 18.2 Å². The summed E-state index contributed by atoms with van der Waals surface area (Å²) in [7, 11) is 0. The summed E-state index contributed by atoms with van der Waals surface area (Å²) in [6.45, 7) is 5.06. The fraction of sp³-hybridized carbons (Fsp3) is 0.500. The van der Waals surface area contributed by atoms with Crippen LogP contribution in [-0.4, -0.2) is 67.6 Å². The van der Waals surface area contributed by atoms with E-state index in [1.54, 1.807) is 12.1 Å². The second-order valence-corrected chi connectivity index (χ2v) is 11.5. The zero-order valence-corrected chi connectivity index (χ0v) is 22.8. The van der Waals surface area contributed by atoms with E-state index in [1.165, 1.54) is 23.1 Å². The van der Waals surface area contributed by atoms with Crippen molar-refractivity contribution >= 4 is 52.0 Å². The van der Waals surface area contributed by atoms with E-state index in [0.717, 1.165) is 24.2 Å². The first-order valence-corrected chi connectivity index (χ1v) is 13.7. The number of nitrogens with zero attached hydrogens (tertiary/aromatic N) is 2. The van der Waals surface area contributed by atoms with Crippen LogP contribution in [0.1, 0.15) is 48.3 Å². The van der Waals surface area contributed by atoms with Crippen LogP contribution in [-0.2, 0) is 14.3 Å². The highest BCUT2D eigenvalue weighted by molar-refractivity contribution is 7.18. The molecule has 4 rings (SSSR count). The zero-order chi connectivity index (χ0) is 27.4. The molecular weight excluding hydrogens is 538 g/mol. The summed E-state index contributed by atoms with van der Waals surface area (Å²) >= 11 is 7.10. The van der Waals surface area contributed by atoms with Crippen LogP contribution < -0.4 is 15.5 Å². The van der Waals surface area contributed by atoms with Crippen LogP contribution in [0.25, 0.3) is 0 Å². The van der Waals surface area contributed by atoms with Crippen molar-refractivity contribution in [3.8, 4) is 0 Å². The number of morpholine rings is 1. The van der Waals surface area contributed by atoms with Crippen LogP contribution in [0.5, 0.6) is 0 Å². The van der Waals surface area contributed by atoms with Crippen molar-refractivity contribution in [1.82, 2.24) is 10.2 Å². The average Bonchev–Trinajstić information content (AvgIpc) is 3.63. The van der Waals surface area contributed by atoms with Crippen LogP contribution in [0.4, 0.5) is 20.2 Å². The Morgan fingerprint density at radius 1 is 1.24 bits per heavy atom. The number of nitrogens with one attached hydrogen (secondary N) is 2. The van der Waals surface area contributed by atoms with Gasteiger partial charge in [-0.3, -0.25) is 19.3 Å². The van der Waals surface area contributed by atoms with E-state index in [9.17, 15) is 23.2 Å². The molecule has 1 aromatic carbocycles. The molecule has 3 amide bonds. The topological polar surface area (TPSA) is 91.0 Å². The minimum Gasteiger partial charge on any atom is -0.370 e. The van der Waals surface area contributed by atoms with Gasteiger partial charge in [0.05, 0.1) is 21.5 Å². The predicted molar refractivity (Wildman–Crippen MR) is 143 cm³/mol. The summed E-state index contributed by atoms with van der Waals surface area (Å²) in [5.74, 6) is -0.864. The van der Waals surface area contributed by atoms with E-state index >= 15 is 0 Å². The highest BCUT2D eigenvalue weighted by Gasteiger charge is 2.38. The summed E-state index contributed by atoms with van der Waals surface area (Å²) in [5, 5.41) is 5.61. The van der Waals surface area contributed by atoms with Gasteiger partial charge in [0, 0.05) is 36.9 Å². The van der Waals surface area contributed by atoms with Crippen molar-refractivity contribution in [3.05, 3.63) is 45.1 Å². The first-order chi connectivity index (χ1) is 18.1. The Balaban J connectivity index is 1.54. The van der Waals surface area contributed by atoms with Crippen LogP contribution in [0, 0.1) is 5.92 Å². The smallest absolute Gasteiger partial charge is 0.265 e. The standard InChI is InChI=1S/C26H31ClF2N4O4S/c1-15(2)13-33(17-4-5-17)20(12-30-26(36)21-7-8-22(27)38-21)25(35)31-16-3-6-19(18(11-16)24(28)29)32-9-10-37-14-23(32)34/h3,6-8,11,15,17,20,24H,4-5,9-10,12-14H2,1-2H3,(H,30,36)(H,31,35)/t20-/m0/s1. The molecule has 2 heterocycles. The molecule has 2 aliphatic rings. The number of rotatable bonds is 11. The van der Waals surface area contributed by atoms with E-state index < -0.39 is 24.3 Å². The SMILES string of the molecule is CC(C)CN(C1CC1)[C@@H](CNC(=O)c1ccc(Cl)s1)C(=O)Nc1ccc(N2CCOCC2=O)c(C(F)F)c1. The normalized spacial score (nSPS) is 16.8. The molecule has 1 aliphatic carbocycles. The number of benzene rings is 1. The molecule has 2 aromatic rings. The molecule has 2 N–H and O–H groups in total. The summed E-state index contributed by atoms with van der Waals surface area (Å²) in [5.41, 5.74) is -0.0562. The molecule has 206 valence electrons. The largest absolute Gasteiger partial charge is 0.370 e. The highest BCUT2D eigenvalue weighted by Crippen LogP contribution is 2.34. The van der Waals surface area contributed by atoms with Gasteiger partial charge in [-0.1, -0.05) is 25.4 Å². The molecule has 1 saturated carbocycles. The number of carbonyl (C=O) groups excluding carboxylic acids is 3. The van der Waals surface area contributed by atoms with Crippen LogP contribution in [0.2, 0.25) is 4.34 Å². The molecule has 12 heteroatoms. The van der Waals surface area contributed by atoms with Gasteiger partial charge in [-0.15, -0.1) is 11.3 Å². The average molecular weight is 569 g/mol. The number of halogens is 3. The van der Waals surface area contributed by atoms with Gasteiger partial charge in [-0.05, 0) is 49.1 Å². The molecule has 1 atom stereocenters. The molecule has 1 aromatic heterocycles. The fourth-order valence-electron chi connectivity index (χ4n) is 4.48. The molecular formula is C26H31ClF2N4O4S. The van der Waals surface area contributed by atoms with Gasteiger partial charge in [-0.25, -0.2) is 8.78 Å². The van der Waals surface area contributed by atoms with Crippen LogP contribution >= 0.6 is 22.9 Å². The lowest BCUT2D eigenvalue weighted by Gasteiger charge is -2.32. The van der Waals surface area contributed by atoms with Crippen molar-refractivity contribution in [3.63, 3.8) is 0 Å². The maximum Gasteiger partial charge on any atom is 0.265 e. The first kappa shape index (κ1) is 28.4. The Hall–Kier alpha value is -2.60. The van der Waals surface area contributed by atoms with E-state index in [-0.39, 0.29) is 61.1 Å². The molecule has 0 unspecified atom stereocenters. The Kier molecular flexibility index (Phi) is 9.35. The minimum atomic E-state index is -2.85. The summed E-state index contributed by atoms with van der Waals surface area (Å²) in [4.78, 5) is 42.2. The molecule has 0 spiro atoms. The van der Waals surface area contributed by atoms with Gasteiger partial charge in [-0.2, -0.15) is 0 Å². The Morgan fingerprint density at radius 2 is 2.00 bits per heavy atom. The van der Waals surface area contributed by atoms with E-state index in [2.05, 4.69) is 29.4 Å². The Bertz CT molecular complexity index is 1170. The lowest BCUT2D eigenvalue weighted by Crippen LogP contribution is -2.52. The lowest BCUT2D eigenvalue weighted by atomic mass is 10.1. The van der Waals surface area contributed by atoms with Gasteiger partial charge < -0.3 is 20.3 Å². The van der Waals surface area contributed by atoms with Crippen molar-refractivity contribution in [1.29, 1.82) is 0 Å². The molecule has 8 nitrogen and oxygen atoms in total. The lowest BCUT2D eigenvalue weighted by molar-refractivity contribution is -0.125. The second kappa shape index (κ2) is 12.5. The van der Waals surface area contributed by atoms with E-state index in [0.29, 0.717) is 15.8 Å². The number of carbonyl (C=O) groups is 3. The Morgan fingerprint density at radius 3 is 2.61 bits per heavy atom. The molecule has 38 heavy (non-hydrogen) atoms. The summed E-state index contributed by atoms with van der Waals surface area (Å²) in [6.07, 6.45) is -0.958. The van der Waals surface area contributed by atoms with Crippen LogP contribution in [0.3, 0.4) is 0 Å². The number of thiophene rings is 1. The third-order valence-corrected chi connectivity index (χ3v) is 7.58. The molecule has 0 bridgehead atoms. The monoisotopic (exact) mass is 568 g/mol. The maximum atomic E-state index is 14.0. The third-order valence-electron chi connectivity index (χ3n) is 6.35. The summed E-state index contributed by atoms with van der Waals surface area (Å²) < 4.78 is 33.6. The third kappa shape index (κ3) is 7.07. The quantitative estimate of drug-likeness (QED) is 0.415. The van der Waals surface area contributed by atoms with Gasteiger partial charge in [0.1, 0.15) is 12.6 Å². The van der Waals surface area contributed by atoms with Crippen LogP contribution in [0.15, 0.2) is 30.3 Å². The van der Waals surface area contributed by atoms with Gasteiger partial charge in [0.2, 0.25) is 5.91 Å². The zero-order valence-electron chi connectivity index (χ0n) is 21.2. The number of hydrogen-bond acceptors (Lipinski definition) is 6. The number of hydrogen-bond donors (Lipinski definition) is 2. The summed E-state index contributed by atoms with van der Waals surface area (Å²) in [6, 6.07) is 6.90.